The van der Waals surface area contributed by atoms with Crippen molar-refractivity contribution >= 4 is 14.6 Å². The Morgan fingerprint density at radius 3 is 2.10 bits per heavy atom. The molecule has 2 N–H and O–H groups in total. The van der Waals surface area contributed by atoms with Gasteiger partial charge in [0.2, 0.25) is 0 Å². The van der Waals surface area contributed by atoms with Crippen LogP contribution in [0.3, 0.4) is 0 Å². The van der Waals surface area contributed by atoms with Crippen molar-refractivity contribution < 1.29 is 42.3 Å². The van der Waals surface area contributed by atoms with Crippen molar-refractivity contribution in [3.05, 3.63) is 141 Å². The Morgan fingerprint density at radius 1 is 0.910 bits per heavy atom. The van der Waals surface area contributed by atoms with Gasteiger partial charge in [0, 0.05) is 37.0 Å². The Labute approximate surface area is 395 Å². The van der Waals surface area contributed by atoms with Crippen molar-refractivity contribution in [2.75, 3.05) is 47.2 Å². The Bertz CT molecular complexity index is 2250. The number of ether oxygens (including phenoxy) is 6. The molecule has 1 fully saturated rings. The lowest BCUT2D eigenvalue weighted by Gasteiger charge is -2.39. The number of benzene rings is 3. The van der Waals surface area contributed by atoms with Crippen molar-refractivity contribution in [1.82, 2.24) is 19.5 Å². The molecule has 1 unspecified atom stereocenters. The van der Waals surface area contributed by atoms with E-state index in [4.69, 9.17) is 37.5 Å². The highest BCUT2D eigenvalue weighted by atomic mass is 31.2. The summed E-state index contributed by atoms with van der Waals surface area (Å²) in [6.45, 7) is 14.3. The summed E-state index contributed by atoms with van der Waals surface area (Å²) >= 11 is 0. The molecule has 1 aliphatic rings. The smallest absolute Gasteiger partial charge is 0.407 e. The van der Waals surface area contributed by atoms with Crippen molar-refractivity contribution in [3.8, 4) is 17.6 Å². The van der Waals surface area contributed by atoms with Gasteiger partial charge in [-0.1, -0.05) is 80.1 Å². The lowest BCUT2D eigenvalue weighted by molar-refractivity contribution is -0.0978. The van der Waals surface area contributed by atoms with Crippen LogP contribution < -0.4 is 26.0 Å². The van der Waals surface area contributed by atoms with E-state index in [1.54, 1.807) is 21.1 Å². The minimum atomic E-state index is -1.86. The summed E-state index contributed by atoms with van der Waals surface area (Å²) in [5, 5.41) is 12.3. The number of aryl methyl sites for hydroxylation is 1. The number of carbonyl (C=O) groups excluding carboxylic acids is 1. The van der Waals surface area contributed by atoms with E-state index in [1.807, 2.05) is 78.9 Å². The van der Waals surface area contributed by atoms with Crippen molar-refractivity contribution in [1.29, 1.82) is 5.26 Å². The van der Waals surface area contributed by atoms with Gasteiger partial charge < -0.3 is 42.8 Å². The summed E-state index contributed by atoms with van der Waals surface area (Å²) in [7, 11) is 1.37. The maximum atomic E-state index is 13.8. The summed E-state index contributed by atoms with van der Waals surface area (Å²) in [5.41, 5.74) is 0.300. The first kappa shape index (κ1) is 52.6. The van der Waals surface area contributed by atoms with Crippen LogP contribution in [-0.4, -0.2) is 97.9 Å². The molecule has 67 heavy (non-hydrogen) atoms. The number of carbonyl (C=O) groups is 1. The Morgan fingerprint density at radius 2 is 1.52 bits per heavy atom. The Hall–Kier alpha value is -5.37. The van der Waals surface area contributed by atoms with Gasteiger partial charge in [-0.2, -0.15) is 5.26 Å². The molecule has 1 aliphatic heterocycles. The number of alkyl carbamates (subject to hydrolysis) is 1. The van der Waals surface area contributed by atoms with Crippen LogP contribution in [0, 0.1) is 18.3 Å². The molecule has 4 aromatic rings. The van der Waals surface area contributed by atoms with E-state index in [2.05, 4.69) is 55.3 Å². The van der Waals surface area contributed by atoms with Gasteiger partial charge in [0.05, 0.1) is 39.9 Å². The van der Waals surface area contributed by atoms with E-state index in [9.17, 15) is 19.6 Å². The standard InChI is InChI=1S/C50H66N5O11P/c1-9-30-62-49(58)52-29-15-10-11-16-31-61-45-44(66-67(64-32-17-28-51)55(35(2)3)36(4)5)43(65-47(45)54-33-37(6)46(56)53-48(54)57)34-63-50(38-18-13-12-14-19-38,39-20-24-41(59-7)25-21-39)40-22-26-42(60-8)27-23-40/h9,12-14,18-27,33,35-36,43-45,47H,1,10-11,15-17,29-32,34H2,2-8H3,(H,52,58)(H,53,56,57)/t43-,44-,45-,47-,67?/m1/s1. The van der Waals surface area contributed by atoms with Gasteiger partial charge in [0.1, 0.15) is 42.0 Å². The number of H-pyrrole nitrogens is 1. The number of nitriles is 1. The predicted molar refractivity (Wildman–Crippen MR) is 256 cm³/mol. The molecule has 17 heteroatoms. The molecule has 0 radical (unpaired) electrons. The fraction of sp³-hybridized carbons (Fsp3) is 0.480. The summed E-state index contributed by atoms with van der Waals surface area (Å²) in [4.78, 5) is 40.8. The fourth-order valence-corrected chi connectivity index (χ4v) is 9.77. The van der Waals surface area contributed by atoms with Crippen LogP contribution in [0.2, 0.25) is 0 Å². The summed E-state index contributed by atoms with van der Waals surface area (Å²) in [5.74, 6) is 1.34. The lowest BCUT2D eigenvalue weighted by atomic mass is 9.80. The van der Waals surface area contributed by atoms with E-state index < -0.39 is 56.0 Å². The summed E-state index contributed by atoms with van der Waals surface area (Å²) in [6, 6.07) is 27.4. The first-order valence-corrected chi connectivity index (χ1v) is 23.9. The number of hydrogen-bond donors (Lipinski definition) is 2. The molecule has 2 heterocycles. The number of methoxy groups -OCH3 is 2. The number of unbranched alkanes of at least 4 members (excludes halogenated alkanes) is 3. The highest BCUT2D eigenvalue weighted by molar-refractivity contribution is 7.44. The van der Waals surface area contributed by atoms with E-state index in [1.165, 1.54) is 16.8 Å². The van der Waals surface area contributed by atoms with Crippen LogP contribution in [0.25, 0.3) is 0 Å². The van der Waals surface area contributed by atoms with Crippen molar-refractivity contribution in [2.45, 2.75) is 109 Å². The molecule has 16 nitrogen and oxygen atoms in total. The molecule has 362 valence electrons. The van der Waals surface area contributed by atoms with Gasteiger partial charge in [-0.25, -0.2) is 14.3 Å². The molecule has 0 saturated carbocycles. The Kier molecular flexibility index (Phi) is 20.6. The molecular weight excluding hydrogens is 878 g/mol. The average molecular weight is 944 g/mol. The minimum Gasteiger partial charge on any atom is -0.497 e. The highest BCUT2D eigenvalue weighted by Crippen LogP contribution is 2.51. The molecule has 0 aliphatic carbocycles. The maximum Gasteiger partial charge on any atom is 0.407 e. The Balaban J connectivity index is 1.59. The number of nitrogens with zero attached hydrogens (tertiary/aromatic N) is 3. The zero-order valence-electron chi connectivity index (χ0n) is 39.7. The molecule has 0 bridgehead atoms. The third-order valence-electron chi connectivity index (χ3n) is 11.2. The zero-order valence-corrected chi connectivity index (χ0v) is 40.6. The fourth-order valence-electron chi connectivity index (χ4n) is 8.00. The molecule has 1 amide bonds. The molecule has 1 saturated heterocycles. The molecule has 1 aromatic heterocycles. The van der Waals surface area contributed by atoms with Gasteiger partial charge in [-0.3, -0.25) is 14.3 Å². The van der Waals surface area contributed by atoms with Crippen LogP contribution in [0.15, 0.2) is 107 Å². The molecule has 0 spiro atoms. The maximum absolute atomic E-state index is 13.8. The van der Waals surface area contributed by atoms with Gasteiger partial charge in [-0.05, 0) is 88.4 Å². The second-order valence-electron chi connectivity index (χ2n) is 16.5. The van der Waals surface area contributed by atoms with Crippen LogP contribution in [-0.2, 0) is 33.6 Å². The van der Waals surface area contributed by atoms with E-state index in [0.29, 0.717) is 30.0 Å². The summed E-state index contributed by atoms with van der Waals surface area (Å²) in [6.07, 6.45) is 1.77. The van der Waals surface area contributed by atoms with Gasteiger partial charge in [-0.15, -0.1) is 0 Å². The lowest BCUT2D eigenvalue weighted by Crippen LogP contribution is -2.43. The largest absolute Gasteiger partial charge is 0.497 e. The van der Waals surface area contributed by atoms with Crippen LogP contribution in [0.4, 0.5) is 4.79 Å². The number of aromatic nitrogens is 2. The van der Waals surface area contributed by atoms with E-state index in [-0.39, 0.29) is 44.9 Å². The van der Waals surface area contributed by atoms with Crippen molar-refractivity contribution in [2.24, 2.45) is 0 Å². The monoisotopic (exact) mass is 943 g/mol. The highest BCUT2D eigenvalue weighted by Gasteiger charge is 2.51. The molecule has 5 rings (SSSR count). The number of nitrogens with one attached hydrogen (secondary N) is 2. The van der Waals surface area contributed by atoms with Crippen LogP contribution in [0.1, 0.15) is 88.3 Å². The molecular formula is C50H66N5O11P. The topological polar surface area (TPSA) is 185 Å². The minimum absolute atomic E-state index is 0.0287. The second-order valence-corrected chi connectivity index (χ2v) is 17.9. The number of aromatic amines is 1. The van der Waals surface area contributed by atoms with Gasteiger partial charge in [0.25, 0.3) is 14.1 Å². The number of hydrogen-bond acceptors (Lipinski definition) is 13. The number of amides is 1. The van der Waals surface area contributed by atoms with E-state index in [0.717, 1.165) is 36.0 Å². The van der Waals surface area contributed by atoms with Crippen LogP contribution >= 0.6 is 8.53 Å². The number of rotatable bonds is 27. The zero-order chi connectivity index (χ0) is 48.3. The second kappa shape index (κ2) is 26.2. The normalized spacial score (nSPS) is 17.6. The first-order chi connectivity index (χ1) is 32.4. The SMILES string of the molecule is C=CCOC(=O)NCCCCCCO[C@@H]1[C@H](OP(OCCC#N)N(C(C)C)C(C)C)[C@@H](COC(c2ccccc2)(c2ccc(OC)cc2)c2ccc(OC)cc2)O[C@H]1n1cc(C)c(=O)[nH]c1=O. The average Bonchev–Trinajstić information content (AvgIpc) is 3.66. The van der Waals surface area contributed by atoms with Gasteiger partial charge >= 0.3 is 11.8 Å². The van der Waals surface area contributed by atoms with Gasteiger partial charge in [0.15, 0.2) is 6.23 Å². The van der Waals surface area contributed by atoms with E-state index >= 15 is 0 Å². The predicted octanol–water partition coefficient (Wildman–Crippen LogP) is 8.29. The third kappa shape index (κ3) is 13.9. The third-order valence-corrected chi connectivity index (χ3v) is 13.3. The van der Waals surface area contributed by atoms with Crippen LogP contribution in [0.5, 0.6) is 11.5 Å². The van der Waals surface area contributed by atoms with Crippen molar-refractivity contribution in [3.63, 3.8) is 0 Å². The quantitative estimate of drug-likeness (QED) is 0.0252. The summed E-state index contributed by atoms with van der Waals surface area (Å²) < 4.78 is 54.4. The molecule has 5 atom stereocenters. The molecule has 3 aromatic carbocycles. The first-order valence-electron chi connectivity index (χ1n) is 22.7.